The third-order valence-electron chi connectivity index (χ3n) is 3.04. The predicted octanol–water partition coefficient (Wildman–Crippen LogP) is 3.22. The maximum atomic E-state index is 10.7. The predicted molar refractivity (Wildman–Crippen MR) is 63.3 cm³/mol. The van der Waals surface area contributed by atoms with E-state index in [4.69, 9.17) is 9.52 Å². The average Bonchev–Trinajstić information content (AvgIpc) is 2.78. The lowest BCUT2D eigenvalue weighted by molar-refractivity contribution is 0.0691. The van der Waals surface area contributed by atoms with Crippen LogP contribution in [0.15, 0.2) is 21.9 Å². The molecule has 1 N–H and O–H groups in total. The van der Waals surface area contributed by atoms with Gasteiger partial charge in [0.25, 0.3) is 0 Å². The Morgan fingerprint density at radius 3 is 2.94 bits per heavy atom. The van der Waals surface area contributed by atoms with Gasteiger partial charge in [-0.1, -0.05) is 6.92 Å². The van der Waals surface area contributed by atoms with E-state index < -0.39 is 5.97 Å². The second-order valence-corrected chi connectivity index (χ2v) is 5.22. The first kappa shape index (κ1) is 10.5. The smallest absolute Gasteiger partial charge is 0.355 e. The molecule has 5 heteroatoms. The van der Waals surface area contributed by atoms with E-state index in [0.717, 1.165) is 5.76 Å². The van der Waals surface area contributed by atoms with Crippen LogP contribution in [-0.2, 0) is 0 Å². The fraction of sp³-hybridized carbons (Fsp3) is 0.333. The molecule has 0 radical (unpaired) electrons. The summed E-state index contributed by atoms with van der Waals surface area (Å²) in [6.07, 6.45) is 1.17. The van der Waals surface area contributed by atoms with Crippen LogP contribution in [0.1, 0.15) is 35.5 Å². The summed E-state index contributed by atoms with van der Waals surface area (Å²) in [4.78, 5) is 14.7. The molecule has 0 aromatic carbocycles. The van der Waals surface area contributed by atoms with Gasteiger partial charge in [-0.2, -0.15) is 0 Å². The number of aromatic carboxylic acids is 1. The van der Waals surface area contributed by atoms with Crippen molar-refractivity contribution >= 4 is 17.3 Å². The van der Waals surface area contributed by atoms with Crippen LogP contribution in [0.4, 0.5) is 0 Å². The van der Waals surface area contributed by atoms with E-state index in [-0.39, 0.29) is 5.69 Å². The molecule has 2 aromatic heterocycles. The van der Waals surface area contributed by atoms with Gasteiger partial charge in [0, 0.05) is 11.3 Å². The Labute approximate surface area is 102 Å². The van der Waals surface area contributed by atoms with E-state index in [0.29, 0.717) is 22.6 Å². The molecule has 0 bridgehead atoms. The highest BCUT2D eigenvalue weighted by molar-refractivity contribution is 7.13. The number of rotatable bonds is 3. The van der Waals surface area contributed by atoms with Crippen LogP contribution < -0.4 is 0 Å². The molecule has 1 aliphatic carbocycles. The first-order chi connectivity index (χ1) is 8.15. The van der Waals surface area contributed by atoms with Crippen molar-refractivity contribution in [2.45, 2.75) is 19.3 Å². The molecule has 2 heterocycles. The second kappa shape index (κ2) is 3.70. The molecule has 2 atom stereocenters. The molecule has 1 aliphatic rings. The summed E-state index contributed by atoms with van der Waals surface area (Å²) in [6, 6.07) is 3.83. The monoisotopic (exact) mass is 249 g/mol. The van der Waals surface area contributed by atoms with E-state index in [2.05, 4.69) is 11.9 Å². The number of hydrogen-bond donors (Lipinski definition) is 1. The lowest BCUT2D eigenvalue weighted by Gasteiger charge is -1.91. The molecule has 3 rings (SSSR count). The fourth-order valence-corrected chi connectivity index (χ4v) is 2.62. The van der Waals surface area contributed by atoms with Gasteiger partial charge in [-0.25, -0.2) is 9.78 Å². The summed E-state index contributed by atoms with van der Waals surface area (Å²) in [5.41, 5.74) is 0.0720. The number of carboxylic acids is 1. The van der Waals surface area contributed by atoms with E-state index in [1.807, 2.05) is 12.1 Å². The Balaban J connectivity index is 1.87. The zero-order valence-electron chi connectivity index (χ0n) is 9.21. The molecular weight excluding hydrogens is 238 g/mol. The van der Waals surface area contributed by atoms with Crippen molar-refractivity contribution in [1.29, 1.82) is 0 Å². The molecule has 0 amide bonds. The standard InChI is InChI=1S/C12H11NO3S/c1-6-4-7(6)9-2-3-10(16-9)11-13-8(5-17-11)12(14)15/h2-3,5-7H,4H2,1H3,(H,14,15). The van der Waals surface area contributed by atoms with Crippen molar-refractivity contribution in [2.75, 3.05) is 0 Å². The molecule has 2 unspecified atom stereocenters. The molecule has 88 valence electrons. The zero-order chi connectivity index (χ0) is 12.0. The largest absolute Gasteiger partial charge is 0.476 e. The minimum absolute atomic E-state index is 0.0720. The van der Waals surface area contributed by atoms with Gasteiger partial charge in [0.15, 0.2) is 16.5 Å². The van der Waals surface area contributed by atoms with Crippen molar-refractivity contribution in [1.82, 2.24) is 4.98 Å². The molecule has 0 saturated heterocycles. The van der Waals surface area contributed by atoms with Gasteiger partial charge in [0.2, 0.25) is 0 Å². The quantitative estimate of drug-likeness (QED) is 0.907. The minimum Gasteiger partial charge on any atom is -0.476 e. The van der Waals surface area contributed by atoms with Gasteiger partial charge >= 0.3 is 5.97 Å². The highest BCUT2D eigenvalue weighted by atomic mass is 32.1. The number of furan rings is 1. The van der Waals surface area contributed by atoms with E-state index >= 15 is 0 Å². The maximum Gasteiger partial charge on any atom is 0.355 e. The Bertz CT molecular complexity index is 572. The van der Waals surface area contributed by atoms with Crippen molar-refractivity contribution < 1.29 is 14.3 Å². The number of carbonyl (C=O) groups is 1. The normalized spacial score (nSPS) is 22.6. The van der Waals surface area contributed by atoms with Gasteiger partial charge in [0.05, 0.1) is 0 Å². The highest BCUT2D eigenvalue weighted by Gasteiger charge is 2.36. The first-order valence-electron chi connectivity index (χ1n) is 5.44. The summed E-state index contributed by atoms with van der Waals surface area (Å²) in [7, 11) is 0. The zero-order valence-corrected chi connectivity index (χ0v) is 10.0. The van der Waals surface area contributed by atoms with Crippen LogP contribution in [0.25, 0.3) is 10.8 Å². The van der Waals surface area contributed by atoms with Crippen molar-refractivity contribution in [3.05, 3.63) is 29.0 Å². The summed E-state index contributed by atoms with van der Waals surface area (Å²) in [5, 5.41) is 11.0. The van der Waals surface area contributed by atoms with Crippen molar-refractivity contribution in [3.63, 3.8) is 0 Å². The van der Waals surface area contributed by atoms with Crippen molar-refractivity contribution in [3.8, 4) is 10.8 Å². The molecule has 2 aromatic rings. The van der Waals surface area contributed by atoms with Gasteiger partial charge in [-0.05, 0) is 24.5 Å². The number of aromatic nitrogens is 1. The Morgan fingerprint density at radius 1 is 1.59 bits per heavy atom. The Morgan fingerprint density at radius 2 is 2.35 bits per heavy atom. The fourth-order valence-electron chi connectivity index (χ4n) is 1.87. The van der Waals surface area contributed by atoms with E-state index in [1.54, 1.807) is 0 Å². The summed E-state index contributed by atoms with van der Waals surface area (Å²) < 4.78 is 5.71. The van der Waals surface area contributed by atoms with E-state index in [1.165, 1.54) is 23.1 Å². The number of thiazole rings is 1. The molecule has 4 nitrogen and oxygen atoms in total. The molecule has 1 saturated carbocycles. The van der Waals surface area contributed by atoms with Crippen LogP contribution in [-0.4, -0.2) is 16.1 Å². The second-order valence-electron chi connectivity index (χ2n) is 4.36. The third-order valence-corrected chi connectivity index (χ3v) is 3.89. The Hall–Kier alpha value is -1.62. The van der Waals surface area contributed by atoms with Crippen molar-refractivity contribution in [2.24, 2.45) is 5.92 Å². The van der Waals surface area contributed by atoms with Gasteiger partial charge in [-0.15, -0.1) is 11.3 Å². The number of nitrogens with zero attached hydrogens (tertiary/aromatic N) is 1. The molecule has 0 aliphatic heterocycles. The topological polar surface area (TPSA) is 63.3 Å². The minimum atomic E-state index is -1.00. The summed E-state index contributed by atoms with van der Waals surface area (Å²) >= 11 is 1.29. The van der Waals surface area contributed by atoms with Gasteiger partial charge in [-0.3, -0.25) is 0 Å². The third kappa shape index (κ3) is 1.86. The highest BCUT2D eigenvalue weighted by Crippen LogP contribution is 2.48. The molecule has 0 spiro atoms. The molecule has 1 fully saturated rings. The van der Waals surface area contributed by atoms with Gasteiger partial charge in [0.1, 0.15) is 5.76 Å². The average molecular weight is 249 g/mol. The molecule has 17 heavy (non-hydrogen) atoms. The van der Waals surface area contributed by atoms with E-state index in [9.17, 15) is 4.79 Å². The maximum absolute atomic E-state index is 10.7. The number of carboxylic acid groups (broad SMARTS) is 1. The van der Waals surface area contributed by atoms with Gasteiger partial charge < -0.3 is 9.52 Å². The SMILES string of the molecule is CC1CC1c1ccc(-c2nc(C(=O)O)cs2)o1. The Kier molecular flexibility index (Phi) is 2.29. The summed E-state index contributed by atoms with van der Waals surface area (Å²) in [6.45, 7) is 2.19. The summed E-state index contributed by atoms with van der Waals surface area (Å²) in [5.74, 6) is 1.87. The van der Waals surface area contributed by atoms with Crippen LogP contribution in [0.3, 0.4) is 0 Å². The molecular formula is C12H11NO3S. The lowest BCUT2D eigenvalue weighted by atomic mass is 10.3. The first-order valence-corrected chi connectivity index (χ1v) is 6.32. The lowest BCUT2D eigenvalue weighted by Crippen LogP contribution is -1.95. The van der Waals surface area contributed by atoms with Crippen LogP contribution in [0, 0.1) is 5.92 Å². The van der Waals surface area contributed by atoms with Crippen LogP contribution in [0.5, 0.6) is 0 Å². The van der Waals surface area contributed by atoms with Crippen LogP contribution >= 0.6 is 11.3 Å². The van der Waals surface area contributed by atoms with Crippen LogP contribution in [0.2, 0.25) is 0 Å². The number of hydrogen-bond acceptors (Lipinski definition) is 4.